The lowest BCUT2D eigenvalue weighted by Gasteiger charge is -2.26. The molecule has 0 heterocycles. The van der Waals surface area contributed by atoms with Crippen LogP contribution in [-0.4, -0.2) is 0 Å². The summed E-state index contributed by atoms with van der Waals surface area (Å²) >= 11 is 0. The largest absolute Gasteiger partial charge is 0.0654 e. The number of hydrogen-bond acceptors (Lipinski definition) is 0. The van der Waals surface area contributed by atoms with Gasteiger partial charge in [-0.15, -0.1) is 0 Å². The van der Waals surface area contributed by atoms with Crippen LogP contribution in [0.5, 0.6) is 0 Å². The van der Waals surface area contributed by atoms with Gasteiger partial charge in [-0.3, -0.25) is 0 Å². The first-order chi connectivity index (χ1) is 41.9. The molecule has 0 aromatic heterocycles. The van der Waals surface area contributed by atoms with E-state index in [0.29, 0.717) is 27.1 Å². The van der Waals surface area contributed by atoms with Gasteiger partial charge >= 0.3 is 0 Å². The summed E-state index contributed by atoms with van der Waals surface area (Å²) in [6, 6.07) is 0. The van der Waals surface area contributed by atoms with Crippen molar-refractivity contribution in [2.45, 2.75) is 524 Å². The van der Waals surface area contributed by atoms with E-state index in [-0.39, 0.29) is 0 Å². The van der Waals surface area contributed by atoms with Crippen molar-refractivity contribution in [3.8, 4) is 0 Å². The quantitative estimate of drug-likeness (QED) is 0.0533. The van der Waals surface area contributed by atoms with Gasteiger partial charge in [-0.25, -0.2) is 0 Å². The smallest absolute Gasteiger partial charge is 0.0331 e. The molecule has 0 aliphatic rings. The van der Waals surface area contributed by atoms with Crippen LogP contribution in [0.2, 0.25) is 0 Å². The maximum absolute atomic E-state index is 2.43. The fourth-order valence-electron chi connectivity index (χ4n) is 10.6. The van der Waals surface area contributed by atoms with E-state index in [4.69, 9.17) is 0 Å². The van der Waals surface area contributed by atoms with Crippen molar-refractivity contribution in [3.05, 3.63) is 0 Å². The van der Waals surface area contributed by atoms with Crippen molar-refractivity contribution < 1.29 is 0 Å². The highest BCUT2D eigenvalue weighted by molar-refractivity contribution is 4.72. The molecular formula is C89H196. The van der Waals surface area contributed by atoms with Crippen molar-refractivity contribution in [2.75, 3.05) is 0 Å². The van der Waals surface area contributed by atoms with Crippen LogP contribution in [-0.2, 0) is 0 Å². The molecule has 0 rings (SSSR count). The van der Waals surface area contributed by atoms with Gasteiger partial charge in [0, 0.05) is 0 Å². The molecular weight excluding hydrogens is 1070 g/mol. The Hall–Kier alpha value is 0. The minimum absolute atomic E-state index is 0.550. The minimum Gasteiger partial charge on any atom is -0.0654 e. The third kappa shape index (κ3) is 96.8. The zero-order valence-electron chi connectivity index (χ0n) is 70.9. The summed E-state index contributed by atoms with van der Waals surface area (Å²) in [5, 5.41) is 0. The van der Waals surface area contributed by atoms with E-state index in [2.05, 4.69) is 228 Å². The molecule has 0 amide bonds. The molecule has 0 heteroatoms. The average molecular weight is 1270 g/mol. The zero-order valence-corrected chi connectivity index (χ0v) is 70.9. The zero-order chi connectivity index (χ0) is 70.9. The van der Waals surface area contributed by atoms with Gasteiger partial charge in [-0.05, 0) is 95.2 Å². The first-order valence-electron chi connectivity index (χ1n) is 41.9. The molecule has 4 atom stereocenters. The molecule has 0 radical (unpaired) electrons. The van der Waals surface area contributed by atoms with Gasteiger partial charge in [-0.2, -0.15) is 0 Å². The van der Waals surface area contributed by atoms with Gasteiger partial charge in [-0.1, -0.05) is 485 Å². The monoisotopic (exact) mass is 1270 g/mol. The average Bonchev–Trinajstić information content (AvgIpc) is 3.67. The molecule has 4 unspecified atom stereocenters. The summed E-state index contributed by atoms with van der Waals surface area (Å²) in [6.07, 6.45) is 63.9. The number of unbranched alkanes of at least 4 members (excludes halogenated alkanes) is 16. The van der Waals surface area contributed by atoms with E-state index < -0.39 is 0 Å². The van der Waals surface area contributed by atoms with E-state index in [9.17, 15) is 0 Å². The summed E-state index contributed by atoms with van der Waals surface area (Å²) < 4.78 is 0. The first-order valence-corrected chi connectivity index (χ1v) is 41.9. The summed E-state index contributed by atoms with van der Waals surface area (Å²) in [7, 11) is 0. The lowest BCUT2D eigenvalue weighted by molar-refractivity contribution is 0.262. The highest BCUT2D eigenvalue weighted by Crippen LogP contribution is 2.34. The van der Waals surface area contributed by atoms with Gasteiger partial charge in [0.05, 0.1) is 0 Å². The number of hydrogen-bond donors (Lipinski definition) is 0. The van der Waals surface area contributed by atoms with Gasteiger partial charge in [0.2, 0.25) is 0 Å². The van der Waals surface area contributed by atoms with Crippen LogP contribution in [0.4, 0.5) is 0 Å². The molecule has 0 saturated heterocycles. The first kappa shape index (κ1) is 108. The topological polar surface area (TPSA) is 0 Å². The third-order valence-corrected chi connectivity index (χ3v) is 21.8. The highest BCUT2D eigenvalue weighted by Gasteiger charge is 2.20. The standard InChI is InChI=1S/C12H26.3C11H24.C10H22.3C9H20.C7H16/c1-5-8-9-10-11-12(4,6-2)7-3;1-5-7-8-9-10-11(3,4)6-2;1-5-8-9-10-11(4,6-2)7-3;1-4-6-7-8-9-10-11(3)5-2;1-5-8-9-10(4,6-2)7-3;1-5-8(3)7-9(4)6-2;1-4-6-7-8-9(3)5-2;1-4-7-8-9(5-2)6-3;1-5-6-7(2,3)4/h5-11H2,1-4H3;2*5-10H2,1-4H3;11H,4-10H2,1-3H3;5-9H2,1-4H3;8-9H,5-7H2,1-4H3;2*9H,4-8H2,1-3H3;5-6H2,1-4H3. The van der Waals surface area contributed by atoms with Crippen molar-refractivity contribution in [1.29, 1.82) is 0 Å². The molecule has 0 bridgehead atoms. The molecule has 0 fully saturated rings. The van der Waals surface area contributed by atoms with E-state index in [1.165, 1.54) is 295 Å². The Morgan fingerprint density at radius 3 is 0.753 bits per heavy atom. The Balaban J connectivity index is -0.000000116. The van der Waals surface area contributed by atoms with Crippen LogP contribution < -0.4 is 0 Å². The second-order valence-electron chi connectivity index (χ2n) is 32.4. The van der Waals surface area contributed by atoms with Gasteiger partial charge in [0.1, 0.15) is 0 Å². The normalized spacial score (nSPS) is 12.7. The Bertz CT molecular complexity index is 1140. The highest BCUT2D eigenvalue weighted by atomic mass is 14.3. The van der Waals surface area contributed by atoms with Crippen molar-refractivity contribution in [1.82, 2.24) is 0 Å². The Labute approximate surface area is 577 Å². The molecule has 0 aliphatic heterocycles. The van der Waals surface area contributed by atoms with Gasteiger partial charge in [0.15, 0.2) is 0 Å². The SMILES string of the molecule is CCC(C)CC(C)CC.CCCC(C)(C)C.CCCCC(C)(CC)CC.CCCCC(CC)CC.CCCCCC(C)(CC)CC.CCCCCC(C)CC.CCCCCCC(C)(C)CC.CCCCCCC(C)(CC)CC.CCCCCCCC(C)CC. The fourth-order valence-corrected chi connectivity index (χ4v) is 10.6. The third-order valence-electron chi connectivity index (χ3n) is 21.8. The predicted octanol–water partition coefficient (Wildman–Crippen LogP) is 35.5. The predicted molar refractivity (Wildman–Crippen MR) is 429 cm³/mol. The van der Waals surface area contributed by atoms with E-state index >= 15 is 0 Å². The summed E-state index contributed by atoms with van der Waals surface area (Å²) in [6.45, 7) is 76.2. The molecule has 0 N–H and O–H groups in total. The van der Waals surface area contributed by atoms with Crippen LogP contribution in [0.15, 0.2) is 0 Å². The van der Waals surface area contributed by atoms with Crippen LogP contribution in [0.1, 0.15) is 524 Å². The Morgan fingerprint density at radius 2 is 0.483 bits per heavy atom. The summed E-state index contributed by atoms with van der Waals surface area (Å²) in [5.41, 5.74) is 3.04. The molecule has 0 aromatic carbocycles. The molecule has 0 nitrogen and oxygen atoms in total. The molecule has 0 aliphatic carbocycles. The number of rotatable bonds is 46. The van der Waals surface area contributed by atoms with Crippen molar-refractivity contribution in [2.24, 2.45) is 56.7 Å². The van der Waals surface area contributed by atoms with E-state index in [1.54, 1.807) is 0 Å². The van der Waals surface area contributed by atoms with E-state index in [0.717, 1.165) is 29.6 Å². The van der Waals surface area contributed by atoms with E-state index in [1.807, 2.05) is 0 Å². The minimum atomic E-state index is 0.550. The lowest BCUT2D eigenvalue weighted by atomic mass is 9.80. The fraction of sp³-hybridized carbons (Fsp3) is 1.00. The summed E-state index contributed by atoms with van der Waals surface area (Å²) in [4.78, 5) is 0. The molecule has 0 saturated carbocycles. The molecule has 552 valence electrons. The van der Waals surface area contributed by atoms with Crippen LogP contribution in [0, 0.1) is 56.7 Å². The van der Waals surface area contributed by atoms with Crippen LogP contribution >= 0.6 is 0 Å². The van der Waals surface area contributed by atoms with Gasteiger partial charge < -0.3 is 0 Å². The molecule has 0 aromatic rings. The lowest BCUT2D eigenvalue weighted by Crippen LogP contribution is -2.13. The maximum atomic E-state index is 2.43. The Morgan fingerprint density at radius 1 is 0.213 bits per heavy atom. The second kappa shape index (κ2) is 80.4. The van der Waals surface area contributed by atoms with Crippen molar-refractivity contribution >= 4 is 0 Å². The van der Waals surface area contributed by atoms with Crippen LogP contribution in [0.25, 0.3) is 0 Å². The Kier molecular flexibility index (Phi) is 97.3. The molecule has 89 heavy (non-hydrogen) atoms. The van der Waals surface area contributed by atoms with Crippen LogP contribution in [0.3, 0.4) is 0 Å². The maximum Gasteiger partial charge on any atom is -0.0331 e. The van der Waals surface area contributed by atoms with Crippen molar-refractivity contribution in [3.63, 3.8) is 0 Å². The summed E-state index contributed by atoms with van der Waals surface area (Å²) in [5.74, 6) is 4.78. The van der Waals surface area contributed by atoms with Gasteiger partial charge in [0.25, 0.3) is 0 Å². The second-order valence-corrected chi connectivity index (χ2v) is 32.4. The molecule has 0 spiro atoms.